The summed E-state index contributed by atoms with van der Waals surface area (Å²) in [6.45, 7) is 2.23. The predicted molar refractivity (Wildman–Crippen MR) is 93.1 cm³/mol. The van der Waals surface area contributed by atoms with Gasteiger partial charge in [-0.05, 0) is 31.6 Å². The average Bonchev–Trinajstić information content (AvgIpc) is 2.79. The molecule has 1 aliphatic carbocycles. The summed E-state index contributed by atoms with van der Waals surface area (Å²) in [6, 6.07) is -0.0893. The van der Waals surface area contributed by atoms with Crippen molar-refractivity contribution in [2.45, 2.75) is 57.5 Å². The zero-order chi connectivity index (χ0) is 17.4. The Bertz CT molecular complexity index is 482. The van der Waals surface area contributed by atoms with E-state index in [1.54, 1.807) is 4.90 Å². The van der Waals surface area contributed by atoms with E-state index >= 15 is 0 Å². The molecule has 0 spiro atoms. The molecule has 2 rings (SSSR count). The molecule has 0 aromatic rings. The van der Waals surface area contributed by atoms with Gasteiger partial charge in [-0.2, -0.15) is 0 Å². The third-order valence-corrected chi connectivity index (χ3v) is 5.84. The number of likely N-dealkylation sites (tertiary alicyclic amines) is 1. The first-order valence-corrected chi connectivity index (χ1v) is 10.8. The molecule has 0 aromatic carbocycles. The van der Waals surface area contributed by atoms with Gasteiger partial charge in [-0.25, -0.2) is 18.4 Å². The molecule has 24 heavy (non-hydrogen) atoms. The van der Waals surface area contributed by atoms with Crippen molar-refractivity contribution in [1.29, 1.82) is 0 Å². The zero-order valence-electron chi connectivity index (χ0n) is 14.4. The van der Waals surface area contributed by atoms with Crippen LogP contribution in [0.4, 0.5) is 4.79 Å². The molecule has 1 aliphatic heterocycles. The van der Waals surface area contributed by atoms with Crippen LogP contribution in [-0.2, 0) is 14.8 Å². The second kappa shape index (κ2) is 9.58. The number of nitrogens with two attached hydrogens (primary N) is 1. The van der Waals surface area contributed by atoms with Crippen LogP contribution in [0.5, 0.6) is 0 Å². The van der Waals surface area contributed by atoms with E-state index in [4.69, 9.17) is 9.88 Å². The lowest BCUT2D eigenvalue weighted by atomic mass is 9.99. The quantitative estimate of drug-likeness (QED) is 0.552. The Morgan fingerprint density at radius 2 is 1.71 bits per heavy atom. The minimum atomic E-state index is -3.43. The number of primary sulfonamides is 1. The van der Waals surface area contributed by atoms with Crippen molar-refractivity contribution in [1.82, 2.24) is 10.2 Å². The summed E-state index contributed by atoms with van der Waals surface area (Å²) >= 11 is 0. The molecule has 2 fully saturated rings. The molecule has 0 bridgehead atoms. The number of urea groups is 1. The number of hydrogen-bond donors (Lipinski definition) is 2. The maximum Gasteiger partial charge on any atom is 0.317 e. The summed E-state index contributed by atoms with van der Waals surface area (Å²) in [5.41, 5.74) is 0. The Labute approximate surface area is 145 Å². The fraction of sp³-hybridized carbons (Fsp3) is 0.938. The smallest absolute Gasteiger partial charge is 0.317 e. The van der Waals surface area contributed by atoms with Crippen LogP contribution in [0.3, 0.4) is 0 Å². The van der Waals surface area contributed by atoms with Crippen molar-refractivity contribution in [3.8, 4) is 0 Å². The van der Waals surface area contributed by atoms with Gasteiger partial charge in [0.2, 0.25) is 10.0 Å². The minimum absolute atomic E-state index is 0.0116. The van der Waals surface area contributed by atoms with Crippen molar-refractivity contribution >= 4 is 16.1 Å². The van der Waals surface area contributed by atoms with Crippen molar-refractivity contribution in [3.05, 3.63) is 0 Å². The number of nitrogens with one attached hydrogen (secondary N) is 1. The monoisotopic (exact) mass is 361 g/mol. The van der Waals surface area contributed by atoms with Gasteiger partial charge >= 0.3 is 6.03 Å². The van der Waals surface area contributed by atoms with E-state index in [1.807, 2.05) is 0 Å². The second-order valence-electron chi connectivity index (χ2n) is 6.98. The van der Waals surface area contributed by atoms with E-state index in [0.717, 1.165) is 12.8 Å². The van der Waals surface area contributed by atoms with E-state index in [0.29, 0.717) is 45.2 Å². The molecule has 1 saturated heterocycles. The van der Waals surface area contributed by atoms with Gasteiger partial charge in [-0.3, -0.25) is 0 Å². The minimum Gasteiger partial charge on any atom is -0.376 e. The molecule has 0 aromatic heterocycles. The maximum atomic E-state index is 12.1. The summed E-state index contributed by atoms with van der Waals surface area (Å²) in [7, 11) is -3.43. The molecule has 2 aliphatic rings. The average molecular weight is 362 g/mol. The fourth-order valence-corrected chi connectivity index (χ4v) is 4.53. The number of piperidine rings is 1. The molecule has 0 atom stereocenters. The molecule has 140 valence electrons. The molecule has 2 amide bonds. The molecular weight excluding hydrogens is 330 g/mol. The van der Waals surface area contributed by atoms with E-state index in [1.165, 1.54) is 25.7 Å². The highest BCUT2D eigenvalue weighted by molar-refractivity contribution is 7.89. The van der Waals surface area contributed by atoms with Crippen LogP contribution in [0.2, 0.25) is 0 Å². The first-order chi connectivity index (χ1) is 11.4. The lowest BCUT2D eigenvalue weighted by Crippen LogP contribution is -2.46. The first-order valence-electron chi connectivity index (χ1n) is 9.09. The van der Waals surface area contributed by atoms with Crippen molar-refractivity contribution in [2.75, 3.05) is 32.0 Å². The van der Waals surface area contributed by atoms with Crippen LogP contribution in [0.15, 0.2) is 0 Å². The summed E-state index contributed by atoms with van der Waals surface area (Å²) in [4.78, 5) is 13.9. The number of amides is 2. The Hall–Kier alpha value is -0.860. The predicted octanol–water partition coefficient (Wildman–Crippen LogP) is 1.44. The van der Waals surface area contributed by atoms with Gasteiger partial charge in [0.05, 0.1) is 18.5 Å². The molecule has 1 saturated carbocycles. The second-order valence-corrected chi connectivity index (χ2v) is 8.64. The molecule has 0 unspecified atom stereocenters. The number of rotatable bonds is 6. The lowest BCUT2D eigenvalue weighted by molar-refractivity contribution is 0.0453. The Kier molecular flexibility index (Phi) is 7.77. The van der Waals surface area contributed by atoms with Crippen molar-refractivity contribution < 1.29 is 17.9 Å². The third kappa shape index (κ3) is 7.36. The SMILES string of the molecule is NS(=O)(=O)CC1CCN(C(=O)NCCOC2CCCCCC2)CC1. The first kappa shape index (κ1) is 19.5. The van der Waals surface area contributed by atoms with Crippen molar-refractivity contribution in [2.24, 2.45) is 11.1 Å². The normalized spacial score (nSPS) is 21.5. The molecular formula is C16H31N3O4S. The molecule has 0 radical (unpaired) electrons. The standard InChI is InChI=1S/C16H31N3O4S/c17-24(21,22)13-14-7-10-19(11-8-14)16(20)18-9-12-23-15-5-3-1-2-4-6-15/h14-15H,1-13H2,(H,18,20)(H2,17,21,22). The van der Waals surface area contributed by atoms with Crippen LogP contribution in [0.1, 0.15) is 51.4 Å². The van der Waals surface area contributed by atoms with Gasteiger partial charge in [0.25, 0.3) is 0 Å². The van der Waals surface area contributed by atoms with Crippen LogP contribution in [-0.4, -0.2) is 57.4 Å². The fourth-order valence-electron chi connectivity index (χ4n) is 3.54. The van der Waals surface area contributed by atoms with Gasteiger partial charge < -0.3 is 15.0 Å². The maximum absolute atomic E-state index is 12.1. The van der Waals surface area contributed by atoms with Gasteiger partial charge in [-0.1, -0.05) is 25.7 Å². The highest BCUT2D eigenvalue weighted by atomic mass is 32.2. The Morgan fingerprint density at radius 1 is 1.08 bits per heavy atom. The van der Waals surface area contributed by atoms with Crippen LogP contribution in [0, 0.1) is 5.92 Å². The van der Waals surface area contributed by atoms with Gasteiger partial charge in [0.1, 0.15) is 0 Å². The Balaban J connectivity index is 1.58. The number of nitrogens with zero attached hydrogens (tertiary/aromatic N) is 1. The number of hydrogen-bond acceptors (Lipinski definition) is 4. The van der Waals surface area contributed by atoms with Crippen molar-refractivity contribution in [3.63, 3.8) is 0 Å². The molecule has 8 heteroatoms. The summed E-state index contributed by atoms with van der Waals surface area (Å²) in [6.07, 6.45) is 9.06. The summed E-state index contributed by atoms with van der Waals surface area (Å²) < 4.78 is 28.1. The highest BCUT2D eigenvalue weighted by Crippen LogP contribution is 2.20. The van der Waals surface area contributed by atoms with Crippen LogP contribution in [0.25, 0.3) is 0 Å². The molecule has 3 N–H and O–H groups in total. The van der Waals surface area contributed by atoms with Gasteiger partial charge in [-0.15, -0.1) is 0 Å². The third-order valence-electron chi connectivity index (χ3n) is 4.90. The lowest BCUT2D eigenvalue weighted by Gasteiger charge is -2.31. The Morgan fingerprint density at radius 3 is 2.29 bits per heavy atom. The van der Waals surface area contributed by atoms with E-state index in [2.05, 4.69) is 5.32 Å². The summed E-state index contributed by atoms with van der Waals surface area (Å²) in [5.74, 6) is 0.0696. The topological polar surface area (TPSA) is 102 Å². The van der Waals surface area contributed by atoms with Gasteiger partial charge in [0, 0.05) is 19.6 Å². The molecule has 7 nitrogen and oxygen atoms in total. The largest absolute Gasteiger partial charge is 0.376 e. The van der Waals surface area contributed by atoms with Gasteiger partial charge in [0.15, 0.2) is 0 Å². The van der Waals surface area contributed by atoms with E-state index in [-0.39, 0.29) is 17.7 Å². The van der Waals surface area contributed by atoms with E-state index in [9.17, 15) is 13.2 Å². The zero-order valence-corrected chi connectivity index (χ0v) is 15.2. The highest BCUT2D eigenvalue weighted by Gasteiger charge is 2.25. The number of sulfonamides is 1. The van der Waals surface area contributed by atoms with E-state index < -0.39 is 10.0 Å². The van der Waals surface area contributed by atoms with Crippen LogP contribution < -0.4 is 10.5 Å². The molecule has 1 heterocycles. The number of carbonyl (C=O) groups excluding carboxylic acids is 1. The number of ether oxygens (including phenoxy) is 1. The number of carbonyl (C=O) groups is 1. The van der Waals surface area contributed by atoms with Crippen LogP contribution >= 0.6 is 0 Å². The summed E-state index contributed by atoms with van der Waals surface area (Å²) in [5, 5.41) is 7.97.